The molecule has 0 atom stereocenters. The minimum absolute atomic E-state index is 0.267. The zero-order valence-corrected chi connectivity index (χ0v) is 15.1. The van der Waals surface area contributed by atoms with Gasteiger partial charge in [-0.25, -0.2) is 9.78 Å². The summed E-state index contributed by atoms with van der Waals surface area (Å²) in [4.78, 5) is 28.1. The molecule has 0 saturated carbocycles. The Morgan fingerprint density at radius 3 is 2.67 bits per heavy atom. The molecule has 0 fully saturated rings. The molecule has 138 valence electrons. The lowest BCUT2D eigenvalue weighted by molar-refractivity contribution is -0.142. The number of carbonyl (C=O) groups excluding carboxylic acids is 2. The van der Waals surface area contributed by atoms with Crippen molar-refractivity contribution in [3.63, 3.8) is 0 Å². The molecule has 0 aliphatic carbocycles. The number of benzene rings is 2. The van der Waals surface area contributed by atoms with Crippen molar-refractivity contribution >= 4 is 34.7 Å². The van der Waals surface area contributed by atoms with Gasteiger partial charge in [0.25, 0.3) is 5.91 Å². The second-order valence-electron chi connectivity index (χ2n) is 6.25. The molecular formula is C21H20N2O4. The molecule has 2 aromatic carbocycles. The number of nitrogens with one attached hydrogen (secondary N) is 1. The van der Waals surface area contributed by atoms with E-state index in [-0.39, 0.29) is 12.5 Å². The topological polar surface area (TPSA) is 81.4 Å². The summed E-state index contributed by atoms with van der Waals surface area (Å²) in [7, 11) is 0. The Labute approximate surface area is 156 Å². The highest BCUT2D eigenvalue weighted by Gasteiger charge is 2.10. The summed E-state index contributed by atoms with van der Waals surface area (Å²) in [6.07, 6.45) is 2.59. The zero-order valence-electron chi connectivity index (χ0n) is 15.1. The Balaban J connectivity index is 1.53. The van der Waals surface area contributed by atoms with Crippen molar-refractivity contribution in [1.29, 1.82) is 0 Å². The number of nitrogens with zero attached hydrogens (tertiary/aromatic N) is 1. The fourth-order valence-corrected chi connectivity index (χ4v) is 2.59. The molecule has 0 radical (unpaired) electrons. The number of hydrogen-bond donors (Lipinski definition) is 1. The highest BCUT2D eigenvalue weighted by atomic mass is 16.5. The Hall–Kier alpha value is -3.41. The largest absolute Gasteiger partial charge is 0.452 e. The second kappa shape index (κ2) is 8.31. The van der Waals surface area contributed by atoms with Gasteiger partial charge in [-0.15, -0.1) is 0 Å². The van der Waals surface area contributed by atoms with Crippen LogP contribution in [0.2, 0.25) is 0 Å². The summed E-state index contributed by atoms with van der Waals surface area (Å²) in [5.41, 5.74) is 3.08. The summed E-state index contributed by atoms with van der Waals surface area (Å²) in [5.74, 6) is -0.483. The summed E-state index contributed by atoms with van der Waals surface area (Å²) in [6.45, 7) is 3.72. The van der Waals surface area contributed by atoms with Crippen molar-refractivity contribution in [1.82, 2.24) is 4.98 Å². The lowest BCUT2D eigenvalue weighted by Crippen LogP contribution is -2.21. The molecule has 0 spiro atoms. The van der Waals surface area contributed by atoms with Gasteiger partial charge >= 0.3 is 5.97 Å². The maximum Gasteiger partial charge on any atom is 0.331 e. The van der Waals surface area contributed by atoms with Crippen LogP contribution in [0.3, 0.4) is 0 Å². The van der Waals surface area contributed by atoms with Crippen LogP contribution in [0.25, 0.3) is 17.2 Å². The van der Waals surface area contributed by atoms with Crippen LogP contribution in [0.5, 0.6) is 0 Å². The van der Waals surface area contributed by atoms with Gasteiger partial charge in [0.1, 0.15) is 5.52 Å². The lowest BCUT2D eigenvalue weighted by Gasteiger charge is -2.13. The molecule has 0 saturated heterocycles. The van der Waals surface area contributed by atoms with E-state index in [1.54, 1.807) is 6.07 Å². The van der Waals surface area contributed by atoms with Crippen LogP contribution in [-0.4, -0.2) is 23.5 Å². The average Bonchev–Trinajstić information content (AvgIpc) is 3.08. The summed E-state index contributed by atoms with van der Waals surface area (Å²) in [6, 6.07) is 14.8. The van der Waals surface area contributed by atoms with Crippen LogP contribution in [0.15, 0.2) is 59.0 Å². The van der Waals surface area contributed by atoms with Crippen molar-refractivity contribution in [2.24, 2.45) is 0 Å². The van der Waals surface area contributed by atoms with Gasteiger partial charge in [-0.3, -0.25) is 4.79 Å². The number of anilines is 1. The van der Waals surface area contributed by atoms with E-state index < -0.39 is 11.9 Å². The van der Waals surface area contributed by atoms with Crippen LogP contribution in [0, 0.1) is 0 Å². The zero-order chi connectivity index (χ0) is 19.2. The highest BCUT2D eigenvalue weighted by molar-refractivity contribution is 5.95. The fourth-order valence-electron chi connectivity index (χ4n) is 2.59. The molecule has 3 aromatic rings. The van der Waals surface area contributed by atoms with Gasteiger partial charge in [-0.1, -0.05) is 44.2 Å². The molecule has 0 unspecified atom stereocenters. The summed E-state index contributed by atoms with van der Waals surface area (Å²) >= 11 is 0. The molecule has 1 aromatic heterocycles. The average molecular weight is 364 g/mol. The van der Waals surface area contributed by atoms with Crippen molar-refractivity contribution < 1.29 is 18.7 Å². The minimum Gasteiger partial charge on any atom is -0.452 e. The van der Waals surface area contributed by atoms with Crippen LogP contribution < -0.4 is 5.32 Å². The molecule has 0 aliphatic heterocycles. The van der Waals surface area contributed by atoms with E-state index >= 15 is 0 Å². The number of hydrogen-bond acceptors (Lipinski definition) is 5. The Bertz CT molecular complexity index is 956. The predicted octanol–water partition coefficient (Wildman–Crippen LogP) is 4.15. The molecule has 3 rings (SSSR count). The van der Waals surface area contributed by atoms with E-state index in [4.69, 9.17) is 9.15 Å². The first-order valence-corrected chi connectivity index (χ1v) is 8.62. The van der Waals surface area contributed by atoms with E-state index in [9.17, 15) is 9.59 Å². The third-order valence-corrected chi connectivity index (χ3v) is 3.87. The summed E-state index contributed by atoms with van der Waals surface area (Å²) < 4.78 is 10.4. The van der Waals surface area contributed by atoms with Gasteiger partial charge in [-0.2, -0.15) is 0 Å². The van der Waals surface area contributed by atoms with Gasteiger partial charge < -0.3 is 14.5 Å². The second-order valence-corrected chi connectivity index (χ2v) is 6.25. The number of para-hydroxylation sites is 3. The van der Waals surface area contributed by atoms with E-state index in [1.165, 1.54) is 12.2 Å². The first-order chi connectivity index (χ1) is 13.0. The molecule has 1 amide bonds. The van der Waals surface area contributed by atoms with Crippen LogP contribution in [-0.2, 0) is 14.3 Å². The Morgan fingerprint density at radius 1 is 1.15 bits per heavy atom. The number of esters is 1. The molecule has 27 heavy (non-hydrogen) atoms. The maximum absolute atomic E-state index is 12.0. The normalized spacial score (nSPS) is 11.2. The van der Waals surface area contributed by atoms with E-state index in [0.717, 1.165) is 11.3 Å². The van der Waals surface area contributed by atoms with Crippen molar-refractivity contribution in [2.45, 2.75) is 19.8 Å². The SMILES string of the molecule is CC(C)c1ccccc1NC(=O)COC(=O)/C=C/c1nc2ccccc2o1. The number of aromatic nitrogens is 1. The molecule has 1 N–H and O–H groups in total. The Morgan fingerprint density at radius 2 is 1.89 bits per heavy atom. The minimum atomic E-state index is -0.649. The monoisotopic (exact) mass is 364 g/mol. The highest BCUT2D eigenvalue weighted by Crippen LogP contribution is 2.23. The quantitative estimate of drug-likeness (QED) is 0.525. The predicted molar refractivity (Wildman–Crippen MR) is 103 cm³/mol. The van der Waals surface area contributed by atoms with Gasteiger partial charge in [0.2, 0.25) is 5.89 Å². The molecule has 6 heteroatoms. The number of ether oxygens (including phenoxy) is 1. The number of carbonyl (C=O) groups is 2. The van der Waals surface area contributed by atoms with E-state index in [2.05, 4.69) is 10.3 Å². The van der Waals surface area contributed by atoms with Crippen LogP contribution >= 0.6 is 0 Å². The van der Waals surface area contributed by atoms with E-state index in [1.807, 2.05) is 56.3 Å². The van der Waals surface area contributed by atoms with Gasteiger partial charge in [0.05, 0.1) is 0 Å². The molecule has 1 heterocycles. The van der Waals surface area contributed by atoms with Crippen LogP contribution in [0.4, 0.5) is 5.69 Å². The van der Waals surface area contributed by atoms with Gasteiger partial charge in [0.15, 0.2) is 12.2 Å². The summed E-state index contributed by atoms with van der Waals surface area (Å²) in [5, 5.41) is 2.77. The first kappa shape index (κ1) is 18.4. The number of rotatable bonds is 6. The van der Waals surface area contributed by atoms with Crippen LogP contribution in [0.1, 0.15) is 31.2 Å². The molecule has 0 bridgehead atoms. The van der Waals surface area contributed by atoms with Crippen molar-refractivity contribution in [3.8, 4) is 0 Å². The number of fused-ring (bicyclic) bond motifs is 1. The van der Waals surface area contributed by atoms with Gasteiger partial charge in [-0.05, 0) is 29.7 Å². The fraction of sp³-hybridized carbons (Fsp3) is 0.190. The lowest BCUT2D eigenvalue weighted by atomic mass is 10.0. The smallest absolute Gasteiger partial charge is 0.331 e. The standard InChI is InChI=1S/C21H20N2O4/c1-14(2)15-7-3-4-8-16(15)22-19(24)13-26-21(25)12-11-20-23-17-9-5-6-10-18(17)27-20/h3-12,14H,13H2,1-2H3,(H,22,24)/b12-11+. The Kier molecular flexibility index (Phi) is 5.66. The number of amides is 1. The molecule has 6 nitrogen and oxygen atoms in total. The third kappa shape index (κ3) is 4.82. The molecule has 0 aliphatic rings. The van der Waals surface area contributed by atoms with E-state index in [0.29, 0.717) is 17.0 Å². The van der Waals surface area contributed by atoms with Crippen molar-refractivity contribution in [3.05, 3.63) is 66.1 Å². The first-order valence-electron chi connectivity index (χ1n) is 8.62. The van der Waals surface area contributed by atoms with Crippen molar-refractivity contribution in [2.75, 3.05) is 11.9 Å². The number of oxazole rings is 1. The third-order valence-electron chi connectivity index (χ3n) is 3.87. The molecular weight excluding hydrogens is 344 g/mol. The van der Waals surface area contributed by atoms with Gasteiger partial charge in [0, 0.05) is 17.8 Å². The maximum atomic E-state index is 12.0.